The predicted molar refractivity (Wildman–Crippen MR) is 79.2 cm³/mol. The molecule has 0 saturated carbocycles. The molecule has 0 amide bonds. The number of rotatable bonds is 8. The van der Waals surface area contributed by atoms with E-state index in [9.17, 15) is 8.42 Å². The van der Waals surface area contributed by atoms with E-state index in [0.717, 1.165) is 25.1 Å². The molecule has 0 fully saturated rings. The zero-order valence-corrected chi connectivity index (χ0v) is 12.8. The van der Waals surface area contributed by atoms with Gasteiger partial charge in [-0.05, 0) is 38.6 Å². The van der Waals surface area contributed by atoms with Crippen LogP contribution < -0.4 is 0 Å². The normalized spacial score (nSPS) is 14.6. The summed E-state index contributed by atoms with van der Waals surface area (Å²) in [6.07, 6.45) is 5.14. The minimum Gasteiger partial charge on any atom is -0.307 e. The third kappa shape index (κ3) is 6.17. The average Bonchev–Trinajstić information content (AvgIpc) is 2.30. The summed E-state index contributed by atoms with van der Waals surface area (Å²) in [6, 6.07) is 0. The second-order valence-corrected chi connectivity index (χ2v) is 6.70. The standard InChI is InChI=1S/C14H25NO2S/c1-7-14(18(6,16)17)11-13(4)12(3)9-10-15(5)8-2/h7,11-12H,1,4,8-10H2,2-3,5-6H3/b14-11+. The van der Waals surface area contributed by atoms with Crippen LogP contribution in [-0.4, -0.2) is 39.7 Å². The lowest BCUT2D eigenvalue weighted by molar-refractivity contribution is 0.331. The van der Waals surface area contributed by atoms with Crippen LogP contribution in [-0.2, 0) is 9.84 Å². The molecule has 0 saturated heterocycles. The maximum absolute atomic E-state index is 11.4. The Balaban J connectivity index is 4.65. The molecule has 104 valence electrons. The Hall–Kier alpha value is -0.870. The van der Waals surface area contributed by atoms with Crippen molar-refractivity contribution in [2.45, 2.75) is 20.3 Å². The number of nitrogens with zero attached hydrogens (tertiary/aromatic N) is 1. The van der Waals surface area contributed by atoms with Crippen molar-refractivity contribution in [3.05, 3.63) is 35.8 Å². The molecule has 0 aliphatic carbocycles. The Morgan fingerprint density at radius 1 is 1.44 bits per heavy atom. The molecule has 18 heavy (non-hydrogen) atoms. The highest BCUT2D eigenvalue weighted by Gasteiger charge is 2.11. The molecule has 0 bridgehead atoms. The largest absolute Gasteiger partial charge is 0.307 e. The molecular formula is C14H25NO2S. The smallest absolute Gasteiger partial charge is 0.175 e. The van der Waals surface area contributed by atoms with E-state index < -0.39 is 9.84 Å². The number of allylic oxidation sites excluding steroid dienone is 3. The van der Waals surface area contributed by atoms with Crippen LogP contribution in [0, 0.1) is 5.92 Å². The van der Waals surface area contributed by atoms with Crippen molar-refractivity contribution in [1.29, 1.82) is 0 Å². The molecule has 0 N–H and O–H groups in total. The van der Waals surface area contributed by atoms with Gasteiger partial charge in [-0.3, -0.25) is 0 Å². The summed E-state index contributed by atoms with van der Waals surface area (Å²) in [6.45, 7) is 13.6. The summed E-state index contributed by atoms with van der Waals surface area (Å²) < 4.78 is 22.9. The predicted octanol–water partition coefficient (Wildman–Crippen LogP) is 2.64. The van der Waals surface area contributed by atoms with Gasteiger partial charge >= 0.3 is 0 Å². The third-order valence-corrected chi connectivity index (χ3v) is 4.21. The van der Waals surface area contributed by atoms with E-state index in [4.69, 9.17) is 0 Å². The third-order valence-electron chi connectivity index (χ3n) is 3.07. The fraction of sp³-hybridized carbons (Fsp3) is 0.571. The minimum absolute atomic E-state index is 0.239. The lowest BCUT2D eigenvalue weighted by Crippen LogP contribution is -2.20. The topological polar surface area (TPSA) is 37.4 Å². The van der Waals surface area contributed by atoms with Gasteiger partial charge in [-0.15, -0.1) is 0 Å². The van der Waals surface area contributed by atoms with Gasteiger partial charge in [-0.2, -0.15) is 0 Å². The number of hydrogen-bond acceptors (Lipinski definition) is 3. The van der Waals surface area contributed by atoms with Crippen LogP contribution in [0.5, 0.6) is 0 Å². The first-order valence-corrected chi connectivity index (χ1v) is 8.03. The first kappa shape index (κ1) is 17.1. The van der Waals surface area contributed by atoms with Gasteiger partial charge in [0, 0.05) is 6.26 Å². The Bertz CT molecular complexity index is 421. The van der Waals surface area contributed by atoms with Crippen LogP contribution in [0.2, 0.25) is 0 Å². The van der Waals surface area contributed by atoms with Crippen molar-refractivity contribution in [1.82, 2.24) is 4.90 Å². The van der Waals surface area contributed by atoms with Crippen LogP contribution in [0.15, 0.2) is 35.8 Å². The first-order valence-electron chi connectivity index (χ1n) is 6.13. The van der Waals surface area contributed by atoms with Crippen molar-refractivity contribution in [2.75, 3.05) is 26.4 Å². The van der Waals surface area contributed by atoms with Crippen LogP contribution >= 0.6 is 0 Å². The molecular weight excluding hydrogens is 246 g/mol. The van der Waals surface area contributed by atoms with Crippen molar-refractivity contribution in [3.8, 4) is 0 Å². The first-order chi connectivity index (χ1) is 8.22. The fourth-order valence-electron chi connectivity index (χ4n) is 1.40. The highest BCUT2D eigenvalue weighted by molar-refractivity contribution is 7.94. The summed E-state index contributed by atoms with van der Waals surface area (Å²) >= 11 is 0. The molecule has 0 aromatic rings. The van der Waals surface area contributed by atoms with Crippen LogP contribution in [0.4, 0.5) is 0 Å². The number of hydrogen-bond donors (Lipinski definition) is 0. The molecule has 0 aliphatic heterocycles. The van der Waals surface area contributed by atoms with Crippen molar-refractivity contribution < 1.29 is 8.42 Å². The van der Waals surface area contributed by atoms with Crippen LogP contribution in [0.3, 0.4) is 0 Å². The molecule has 0 radical (unpaired) electrons. The summed E-state index contributed by atoms with van der Waals surface area (Å²) in [4.78, 5) is 2.46. The van der Waals surface area contributed by atoms with Gasteiger partial charge in [-0.1, -0.05) is 38.7 Å². The average molecular weight is 271 g/mol. The summed E-state index contributed by atoms with van der Waals surface area (Å²) in [5.74, 6) is 0.260. The van der Waals surface area contributed by atoms with Crippen molar-refractivity contribution in [3.63, 3.8) is 0 Å². The highest BCUT2D eigenvalue weighted by atomic mass is 32.2. The van der Waals surface area contributed by atoms with Gasteiger partial charge in [0.1, 0.15) is 0 Å². The van der Waals surface area contributed by atoms with E-state index >= 15 is 0 Å². The molecule has 0 aliphatic rings. The maximum Gasteiger partial charge on any atom is 0.175 e. The monoisotopic (exact) mass is 271 g/mol. The number of sulfone groups is 1. The summed E-state index contributed by atoms with van der Waals surface area (Å²) in [5.41, 5.74) is 0.833. The molecule has 1 unspecified atom stereocenters. The molecule has 4 heteroatoms. The van der Waals surface area contributed by atoms with E-state index in [0.29, 0.717) is 0 Å². The van der Waals surface area contributed by atoms with Gasteiger partial charge < -0.3 is 4.90 Å². The van der Waals surface area contributed by atoms with Gasteiger partial charge in [0.05, 0.1) is 4.91 Å². The van der Waals surface area contributed by atoms with Crippen molar-refractivity contribution in [2.24, 2.45) is 5.92 Å². The van der Waals surface area contributed by atoms with E-state index in [1.54, 1.807) is 6.08 Å². The van der Waals surface area contributed by atoms with Gasteiger partial charge in [-0.25, -0.2) is 8.42 Å². The SMILES string of the molecule is C=C/C(=C\C(=C)C(C)CCN(C)CC)S(C)(=O)=O. The molecule has 0 aromatic carbocycles. The second kappa shape index (κ2) is 7.54. The molecule has 3 nitrogen and oxygen atoms in total. The Kier molecular flexibility index (Phi) is 7.18. The van der Waals surface area contributed by atoms with E-state index in [2.05, 4.69) is 39.0 Å². The lowest BCUT2D eigenvalue weighted by atomic mass is 9.98. The zero-order chi connectivity index (χ0) is 14.3. The summed E-state index contributed by atoms with van der Waals surface area (Å²) in [7, 11) is -1.14. The second-order valence-electron chi connectivity index (χ2n) is 4.68. The molecule has 0 aromatic heterocycles. The molecule has 1 atom stereocenters. The quantitative estimate of drug-likeness (QED) is 0.637. The van der Waals surface area contributed by atoms with Gasteiger partial charge in [0.15, 0.2) is 9.84 Å². The van der Waals surface area contributed by atoms with Crippen molar-refractivity contribution >= 4 is 9.84 Å². The Morgan fingerprint density at radius 2 is 2.00 bits per heavy atom. The zero-order valence-electron chi connectivity index (χ0n) is 11.9. The van der Waals surface area contributed by atoms with Crippen LogP contribution in [0.25, 0.3) is 0 Å². The van der Waals surface area contributed by atoms with Crippen LogP contribution in [0.1, 0.15) is 20.3 Å². The molecule has 0 heterocycles. The Morgan fingerprint density at radius 3 is 2.39 bits per heavy atom. The lowest BCUT2D eigenvalue weighted by Gasteiger charge is -2.18. The molecule has 0 rings (SSSR count). The van der Waals surface area contributed by atoms with E-state index in [1.165, 1.54) is 12.3 Å². The fourth-order valence-corrected chi connectivity index (χ4v) is 2.07. The van der Waals surface area contributed by atoms with Gasteiger partial charge in [0.25, 0.3) is 0 Å². The minimum atomic E-state index is -3.21. The highest BCUT2D eigenvalue weighted by Crippen LogP contribution is 2.18. The van der Waals surface area contributed by atoms with E-state index in [1.807, 2.05) is 0 Å². The summed E-state index contributed by atoms with van der Waals surface area (Å²) in [5, 5.41) is 0. The van der Waals surface area contributed by atoms with Gasteiger partial charge in [0.2, 0.25) is 0 Å². The maximum atomic E-state index is 11.4. The molecule has 0 spiro atoms. The Labute approximate surface area is 112 Å². The van der Waals surface area contributed by atoms with E-state index in [-0.39, 0.29) is 10.8 Å².